The lowest BCUT2D eigenvalue weighted by molar-refractivity contribution is -0.384. The summed E-state index contributed by atoms with van der Waals surface area (Å²) in [6.07, 6.45) is -1.05. The van der Waals surface area contributed by atoms with Crippen molar-refractivity contribution in [2.45, 2.75) is 19.2 Å². The van der Waals surface area contributed by atoms with Gasteiger partial charge in [-0.05, 0) is 21.5 Å². The van der Waals surface area contributed by atoms with Crippen molar-refractivity contribution in [2.24, 2.45) is 0 Å². The number of nitrogens with one attached hydrogen (secondary N) is 1. The molecular formula is C13H15BrN4O4. The minimum absolute atomic E-state index is 0.0555. The highest BCUT2D eigenvalue weighted by atomic mass is 79.9. The first-order chi connectivity index (χ1) is 10.5. The van der Waals surface area contributed by atoms with Gasteiger partial charge < -0.3 is 15.5 Å². The first-order valence-electron chi connectivity index (χ1n) is 6.50. The highest BCUT2D eigenvalue weighted by Gasteiger charge is 2.27. The smallest absolute Gasteiger partial charge is 0.345 e. The lowest BCUT2D eigenvalue weighted by Crippen LogP contribution is -2.22. The number of hydrogen-bond acceptors (Lipinski definition) is 6. The average molecular weight is 371 g/mol. The van der Waals surface area contributed by atoms with Crippen LogP contribution in [0.2, 0.25) is 0 Å². The van der Waals surface area contributed by atoms with Crippen molar-refractivity contribution in [1.29, 1.82) is 0 Å². The standard InChI is InChI=1S/C13H15BrN4O4/c14-12-11(18(21)22)13(17(16-12)7-10(20)8-19)15-6-9-4-2-1-3-5-9/h1-5,10,15,19-20H,6-8H2. The molecule has 1 unspecified atom stereocenters. The maximum atomic E-state index is 11.2. The van der Waals surface area contributed by atoms with Crippen LogP contribution in [0.15, 0.2) is 34.9 Å². The molecule has 0 radical (unpaired) electrons. The van der Waals surface area contributed by atoms with E-state index in [0.717, 1.165) is 5.56 Å². The third-order valence-corrected chi connectivity index (χ3v) is 3.50. The van der Waals surface area contributed by atoms with Crippen molar-refractivity contribution in [3.63, 3.8) is 0 Å². The highest BCUT2D eigenvalue weighted by Crippen LogP contribution is 2.33. The molecule has 8 nitrogen and oxygen atoms in total. The first-order valence-corrected chi connectivity index (χ1v) is 7.29. The monoisotopic (exact) mass is 370 g/mol. The van der Waals surface area contributed by atoms with Gasteiger partial charge in [-0.2, -0.15) is 5.10 Å². The Bertz CT molecular complexity index is 647. The van der Waals surface area contributed by atoms with Gasteiger partial charge in [0.1, 0.15) is 0 Å². The van der Waals surface area contributed by atoms with E-state index < -0.39 is 17.6 Å². The summed E-state index contributed by atoms with van der Waals surface area (Å²) in [6, 6.07) is 9.39. The Morgan fingerprint density at radius 3 is 2.68 bits per heavy atom. The molecule has 9 heteroatoms. The molecule has 3 N–H and O–H groups in total. The number of hydrogen-bond donors (Lipinski definition) is 3. The summed E-state index contributed by atoms with van der Waals surface area (Å²) in [6.45, 7) is -0.140. The van der Waals surface area contributed by atoms with E-state index in [4.69, 9.17) is 5.11 Å². The van der Waals surface area contributed by atoms with Crippen LogP contribution in [0.25, 0.3) is 0 Å². The zero-order valence-corrected chi connectivity index (χ0v) is 13.1. The Balaban J connectivity index is 2.27. The van der Waals surface area contributed by atoms with Crippen LogP contribution in [0, 0.1) is 10.1 Å². The molecule has 0 aliphatic rings. The van der Waals surface area contributed by atoms with Crippen molar-refractivity contribution < 1.29 is 15.1 Å². The molecule has 0 spiro atoms. The van der Waals surface area contributed by atoms with Gasteiger partial charge in [-0.3, -0.25) is 10.1 Å². The van der Waals surface area contributed by atoms with Gasteiger partial charge in [0.05, 0.1) is 24.2 Å². The normalized spacial score (nSPS) is 12.1. The number of anilines is 1. The van der Waals surface area contributed by atoms with E-state index in [9.17, 15) is 15.2 Å². The molecule has 0 saturated heterocycles. The predicted octanol–water partition coefficient (Wildman–Crippen LogP) is 1.52. The quantitative estimate of drug-likeness (QED) is 0.502. The fourth-order valence-electron chi connectivity index (χ4n) is 1.93. The van der Waals surface area contributed by atoms with E-state index in [1.165, 1.54) is 4.68 Å². The Labute approximate surface area is 134 Å². The maximum Gasteiger partial charge on any atom is 0.345 e. The zero-order valence-electron chi connectivity index (χ0n) is 11.5. The van der Waals surface area contributed by atoms with E-state index >= 15 is 0 Å². The van der Waals surface area contributed by atoms with Crippen molar-refractivity contribution in [3.05, 3.63) is 50.6 Å². The lowest BCUT2D eigenvalue weighted by Gasteiger charge is -2.11. The molecule has 2 aromatic rings. The molecule has 0 aliphatic heterocycles. The van der Waals surface area contributed by atoms with Crippen molar-refractivity contribution >= 4 is 27.4 Å². The number of halogens is 1. The number of nitrogens with zero attached hydrogens (tertiary/aromatic N) is 3. The summed E-state index contributed by atoms with van der Waals surface area (Å²) in [5.74, 6) is 0.174. The molecule has 2 rings (SSSR count). The Morgan fingerprint density at radius 2 is 2.09 bits per heavy atom. The summed E-state index contributed by atoms with van der Waals surface area (Å²) in [7, 11) is 0. The second-order valence-corrected chi connectivity index (χ2v) is 5.35. The molecule has 0 fully saturated rings. The van der Waals surface area contributed by atoms with Gasteiger partial charge in [-0.15, -0.1) is 0 Å². The van der Waals surface area contributed by atoms with Gasteiger partial charge in [0, 0.05) is 6.54 Å². The fourth-order valence-corrected chi connectivity index (χ4v) is 2.46. The summed E-state index contributed by atoms with van der Waals surface area (Å²) in [5.41, 5.74) is 0.740. The number of nitro groups is 1. The first kappa shape index (κ1) is 16.4. The molecule has 1 atom stereocenters. The largest absolute Gasteiger partial charge is 0.394 e. The van der Waals surface area contributed by atoms with E-state index in [2.05, 4.69) is 26.3 Å². The molecule has 1 heterocycles. The predicted molar refractivity (Wildman–Crippen MR) is 83.4 cm³/mol. The van der Waals surface area contributed by atoms with Crippen molar-refractivity contribution in [2.75, 3.05) is 11.9 Å². The number of benzene rings is 1. The summed E-state index contributed by atoms with van der Waals surface area (Å²) in [4.78, 5) is 10.6. The lowest BCUT2D eigenvalue weighted by atomic mass is 10.2. The molecule has 0 bridgehead atoms. The van der Waals surface area contributed by atoms with Crippen LogP contribution in [0.4, 0.5) is 11.5 Å². The topological polar surface area (TPSA) is 113 Å². The molecule has 1 aromatic carbocycles. The van der Waals surface area contributed by atoms with Crippen LogP contribution >= 0.6 is 15.9 Å². The third kappa shape index (κ3) is 3.81. The average Bonchev–Trinajstić information content (AvgIpc) is 2.81. The molecule has 0 amide bonds. The molecule has 0 aliphatic carbocycles. The Morgan fingerprint density at radius 1 is 1.41 bits per heavy atom. The van der Waals surface area contributed by atoms with Crippen LogP contribution in [-0.2, 0) is 13.1 Å². The van der Waals surface area contributed by atoms with Crippen molar-refractivity contribution in [1.82, 2.24) is 9.78 Å². The van der Waals surface area contributed by atoms with E-state index in [1.807, 2.05) is 30.3 Å². The second-order valence-electron chi connectivity index (χ2n) is 4.60. The van der Waals surface area contributed by atoms with Gasteiger partial charge in [0.25, 0.3) is 0 Å². The molecule has 1 aromatic heterocycles. The van der Waals surface area contributed by atoms with Gasteiger partial charge in [-0.1, -0.05) is 30.3 Å². The Hall–Kier alpha value is -1.97. The number of aromatic nitrogens is 2. The summed E-state index contributed by atoms with van der Waals surface area (Å²) < 4.78 is 1.34. The summed E-state index contributed by atoms with van der Waals surface area (Å²) in [5, 5.41) is 36.6. The summed E-state index contributed by atoms with van der Waals surface area (Å²) >= 11 is 3.05. The molecule has 118 valence electrons. The van der Waals surface area contributed by atoms with E-state index in [0.29, 0.717) is 6.54 Å². The van der Waals surface area contributed by atoms with Gasteiger partial charge in [-0.25, -0.2) is 4.68 Å². The molecular weight excluding hydrogens is 356 g/mol. The van der Waals surface area contributed by atoms with Gasteiger partial charge in [0.15, 0.2) is 0 Å². The minimum Gasteiger partial charge on any atom is -0.394 e. The highest BCUT2D eigenvalue weighted by molar-refractivity contribution is 9.10. The molecule has 22 heavy (non-hydrogen) atoms. The van der Waals surface area contributed by atoms with Crippen LogP contribution in [-0.4, -0.2) is 37.6 Å². The second kappa shape index (κ2) is 7.34. The van der Waals surface area contributed by atoms with Crippen LogP contribution in [0.5, 0.6) is 0 Å². The van der Waals surface area contributed by atoms with E-state index in [-0.39, 0.29) is 22.7 Å². The zero-order chi connectivity index (χ0) is 16.1. The maximum absolute atomic E-state index is 11.2. The van der Waals surface area contributed by atoms with Crippen LogP contribution in [0.1, 0.15) is 5.56 Å². The molecule has 0 saturated carbocycles. The number of aliphatic hydroxyl groups excluding tert-OH is 2. The number of aliphatic hydroxyl groups is 2. The van der Waals surface area contributed by atoms with Gasteiger partial charge >= 0.3 is 5.69 Å². The van der Waals surface area contributed by atoms with Gasteiger partial charge in [0.2, 0.25) is 10.4 Å². The number of rotatable bonds is 7. The van der Waals surface area contributed by atoms with Crippen LogP contribution < -0.4 is 5.32 Å². The SMILES string of the molecule is O=[N+]([O-])c1c(Br)nn(CC(O)CO)c1NCc1ccccc1. The Kier molecular flexibility index (Phi) is 5.47. The minimum atomic E-state index is -1.05. The third-order valence-electron chi connectivity index (χ3n) is 2.97. The van der Waals surface area contributed by atoms with E-state index in [1.54, 1.807) is 0 Å². The van der Waals surface area contributed by atoms with Crippen molar-refractivity contribution in [3.8, 4) is 0 Å². The fraction of sp³-hybridized carbons (Fsp3) is 0.308. The van der Waals surface area contributed by atoms with Crippen LogP contribution in [0.3, 0.4) is 0 Å².